The third-order valence-corrected chi connectivity index (χ3v) is 4.76. The predicted octanol–water partition coefficient (Wildman–Crippen LogP) is 4.39. The molecule has 0 spiro atoms. The lowest BCUT2D eigenvalue weighted by Crippen LogP contribution is -2.00. The van der Waals surface area contributed by atoms with Gasteiger partial charge in [0.05, 0.1) is 4.88 Å². The summed E-state index contributed by atoms with van der Waals surface area (Å²) >= 11 is 3.28. The maximum atomic E-state index is 12.1. The van der Waals surface area contributed by atoms with Crippen LogP contribution in [0.1, 0.15) is 15.2 Å². The van der Waals surface area contributed by atoms with Crippen LogP contribution < -0.4 is 0 Å². The van der Waals surface area contributed by atoms with Gasteiger partial charge in [0.15, 0.2) is 5.78 Å². The first kappa shape index (κ1) is 10.7. The van der Waals surface area contributed by atoms with Gasteiger partial charge < -0.3 is 0 Å². The standard InChI is InChI=1S/C14H10OS2/c15-11(8-10-4-2-1-3-5-10)13-9-14-12(17-13)6-7-16-14/h1-7,9H,8H2. The minimum atomic E-state index is 0.213. The minimum absolute atomic E-state index is 0.213. The first-order valence-corrected chi connectivity index (χ1v) is 7.07. The molecule has 0 fully saturated rings. The second-order valence-electron chi connectivity index (χ2n) is 3.85. The summed E-state index contributed by atoms with van der Waals surface area (Å²) in [6.45, 7) is 0. The van der Waals surface area contributed by atoms with Crippen molar-refractivity contribution in [3.05, 3.63) is 58.3 Å². The predicted molar refractivity (Wildman–Crippen MR) is 74.2 cm³/mol. The average molecular weight is 258 g/mol. The van der Waals surface area contributed by atoms with Crippen molar-refractivity contribution in [3.8, 4) is 0 Å². The minimum Gasteiger partial charge on any atom is -0.293 e. The number of fused-ring (bicyclic) bond motifs is 1. The number of carbonyl (C=O) groups excluding carboxylic acids is 1. The topological polar surface area (TPSA) is 17.1 Å². The summed E-state index contributed by atoms with van der Waals surface area (Å²) in [5, 5.41) is 2.06. The van der Waals surface area contributed by atoms with Crippen molar-refractivity contribution >= 4 is 37.9 Å². The largest absolute Gasteiger partial charge is 0.293 e. The Labute approximate surface area is 107 Å². The fourth-order valence-electron chi connectivity index (χ4n) is 1.77. The molecule has 0 aliphatic carbocycles. The summed E-state index contributed by atoms with van der Waals surface area (Å²) in [6.07, 6.45) is 0.495. The second-order valence-corrected chi connectivity index (χ2v) is 5.88. The Morgan fingerprint density at radius 1 is 1.06 bits per heavy atom. The number of ketones is 1. The summed E-state index contributed by atoms with van der Waals surface area (Å²) < 4.78 is 2.43. The molecule has 0 atom stereocenters. The molecule has 2 aromatic heterocycles. The Kier molecular flexibility index (Phi) is 2.79. The molecular weight excluding hydrogens is 248 g/mol. The van der Waals surface area contributed by atoms with Gasteiger partial charge >= 0.3 is 0 Å². The summed E-state index contributed by atoms with van der Waals surface area (Å²) in [7, 11) is 0. The van der Waals surface area contributed by atoms with Crippen LogP contribution in [0.3, 0.4) is 0 Å². The van der Waals surface area contributed by atoms with E-state index in [0.717, 1.165) is 10.4 Å². The van der Waals surface area contributed by atoms with E-state index in [1.54, 1.807) is 22.7 Å². The Morgan fingerprint density at radius 2 is 1.88 bits per heavy atom. The van der Waals surface area contributed by atoms with E-state index in [1.807, 2.05) is 36.4 Å². The van der Waals surface area contributed by atoms with Gasteiger partial charge in [-0.3, -0.25) is 4.79 Å². The van der Waals surface area contributed by atoms with Crippen LogP contribution in [-0.4, -0.2) is 5.78 Å². The van der Waals surface area contributed by atoms with Crippen molar-refractivity contribution in [2.45, 2.75) is 6.42 Å². The molecule has 0 unspecified atom stereocenters. The van der Waals surface area contributed by atoms with Crippen molar-refractivity contribution in [1.82, 2.24) is 0 Å². The van der Waals surface area contributed by atoms with Crippen LogP contribution in [0.15, 0.2) is 47.8 Å². The zero-order chi connectivity index (χ0) is 11.7. The molecule has 0 amide bonds. The normalized spacial score (nSPS) is 10.8. The molecule has 0 bridgehead atoms. The third kappa shape index (κ3) is 2.16. The number of hydrogen-bond donors (Lipinski definition) is 0. The van der Waals surface area contributed by atoms with E-state index in [2.05, 4.69) is 11.4 Å². The van der Waals surface area contributed by atoms with Gasteiger partial charge in [-0.05, 0) is 23.1 Å². The van der Waals surface area contributed by atoms with Gasteiger partial charge in [0, 0.05) is 15.8 Å². The van der Waals surface area contributed by atoms with Gasteiger partial charge in [-0.15, -0.1) is 22.7 Å². The van der Waals surface area contributed by atoms with Gasteiger partial charge in [-0.1, -0.05) is 30.3 Å². The molecule has 0 radical (unpaired) electrons. The van der Waals surface area contributed by atoms with Crippen LogP contribution in [0.25, 0.3) is 9.40 Å². The van der Waals surface area contributed by atoms with Gasteiger partial charge in [-0.25, -0.2) is 0 Å². The molecule has 0 N–H and O–H groups in total. The average Bonchev–Trinajstić information content (AvgIpc) is 2.90. The molecule has 0 saturated carbocycles. The van der Waals surface area contributed by atoms with Crippen LogP contribution in [0.5, 0.6) is 0 Å². The quantitative estimate of drug-likeness (QED) is 0.637. The molecule has 84 valence electrons. The molecule has 0 saturated heterocycles. The van der Waals surface area contributed by atoms with E-state index in [0.29, 0.717) is 6.42 Å². The number of benzene rings is 1. The molecule has 1 aromatic carbocycles. The van der Waals surface area contributed by atoms with Crippen LogP contribution in [0.4, 0.5) is 0 Å². The molecule has 0 aliphatic heterocycles. The number of Topliss-reactive ketones (excluding diaryl/α,β-unsaturated/α-hetero) is 1. The maximum Gasteiger partial charge on any atom is 0.177 e. The molecular formula is C14H10OS2. The fraction of sp³-hybridized carbons (Fsp3) is 0.0714. The molecule has 3 heteroatoms. The highest BCUT2D eigenvalue weighted by Crippen LogP contribution is 2.30. The molecule has 2 heterocycles. The van der Waals surface area contributed by atoms with E-state index in [-0.39, 0.29) is 5.78 Å². The van der Waals surface area contributed by atoms with E-state index in [9.17, 15) is 4.79 Å². The smallest absolute Gasteiger partial charge is 0.177 e. The van der Waals surface area contributed by atoms with E-state index in [4.69, 9.17) is 0 Å². The summed E-state index contributed by atoms with van der Waals surface area (Å²) in [5.74, 6) is 0.213. The van der Waals surface area contributed by atoms with Crippen molar-refractivity contribution in [1.29, 1.82) is 0 Å². The SMILES string of the molecule is O=C(Cc1ccccc1)c1cc2sccc2s1. The van der Waals surface area contributed by atoms with Crippen molar-refractivity contribution in [2.24, 2.45) is 0 Å². The molecule has 0 aliphatic rings. The zero-order valence-corrected chi connectivity index (χ0v) is 10.7. The third-order valence-electron chi connectivity index (χ3n) is 2.62. The van der Waals surface area contributed by atoms with E-state index < -0.39 is 0 Å². The van der Waals surface area contributed by atoms with Crippen LogP contribution >= 0.6 is 22.7 Å². The van der Waals surface area contributed by atoms with Crippen molar-refractivity contribution in [3.63, 3.8) is 0 Å². The van der Waals surface area contributed by atoms with E-state index >= 15 is 0 Å². The fourth-order valence-corrected chi connectivity index (χ4v) is 3.82. The summed E-state index contributed by atoms with van der Waals surface area (Å²) in [4.78, 5) is 13.0. The monoisotopic (exact) mass is 258 g/mol. The molecule has 1 nitrogen and oxygen atoms in total. The molecule has 3 aromatic rings. The lowest BCUT2D eigenvalue weighted by molar-refractivity contribution is 0.0997. The second kappa shape index (κ2) is 4.43. The van der Waals surface area contributed by atoms with Crippen LogP contribution in [0.2, 0.25) is 0 Å². The van der Waals surface area contributed by atoms with Gasteiger partial charge in [0.1, 0.15) is 0 Å². The first-order valence-electron chi connectivity index (χ1n) is 5.37. The first-order chi connectivity index (χ1) is 8.33. The Morgan fingerprint density at radius 3 is 2.65 bits per heavy atom. The van der Waals surface area contributed by atoms with Crippen molar-refractivity contribution in [2.75, 3.05) is 0 Å². The lowest BCUT2D eigenvalue weighted by Gasteiger charge is -1.97. The highest BCUT2D eigenvalue weighted by molar-refractivity contribution is 7.27. The lowest BCUT2D eigenvalue weighted by atomic mass is 10.1. The van der Waals surface area contributed by atoms with Crippen molar-refractivity contribution < 1.29 is 4.79 Å². The zero-order valence-electron chi connectivity index (χ0n) is 9.05. The Hall–Kier alpha value is -1.45. The number of rotatable bonds is 3. The molecule has 17 heavy (non-hydrogen) atoms. The Balaban J connectivity index is 1.85. The summed E-state index contributed by atoms with van der Waals surface area (Å²) in [5.41, 5.74) is 1.08. The maximum absolute atomic E-state index is 12.1. The summed E-state index contributed by atoms with van der Waals surface area (Å²) in [6, 6.07) is 14.0. The van der Waals surface area contributed by atoms with Gasteiger partial charge in [0.2, 0.25) is 0 Å². The van der Waals surface area contributed by atoms with E-state index in [1.165, 1.54) is 9.40 Å². The van der Waals surface area contributed by atoms with Crippen LogP contribution in [-0.2, 0) is 6.42 Å². The molecule has 3 rings (SSSR count). The number of hydrogen-bond acceptors (Lipinski definition) is 3. The highest BCUT2D eigenvalue weighted by atomic mass is 32.1. The van der Waals surface area contributed by atoms with Gasteiger partial charge in [-0.2, -0.15) is 0 Å². The van der Waals surface area contributed by atoms with Gasteiger partial charge in [0.25, 0.3) is 0 Å². The highest BCUT2D eigenvalue weighted by Gasteiger charge is 2.11. The van der Waals surface area contributed by atoms with Crippen LogP contribution in [0, 0.1) is 0 Å². The number of thiophene rings is 2. The number of carbonyl (C=O) groups is 1. The Bertz CT molecular complexity index is 620.